The molecule has 3 nitrogen and oxygen atoms in total. The van der Waals surface area contributed by atoms with Crippen LogP contribution < -0.4 is 5.32 Å². The lowest BCUT2D eigenvalue weighted by molar-refractivity contribution is 0.408. The molecule has 1 atom stereocenters. The molecule has 0 aromatic carbocycles. The van der Waals surface area contributed by atoms with Gasteiger partial charge in [0, 0.05) is 27.3 Å². The van der Waals surface area contributed by atoms with E-state index in [0.717, 1.165) is 37.4 Å². The monoisotopic (exact) mass is 216 g/mol. The van der Waals surface area contributed by atoms with Crippen molar-refractivity contribution >= 4 is 9.73 Å². The second kappa shape index (κ2) is 4.62. The van der Waals surface area contributed by atoms with Crippen molar-refractivity contribution in [2.24, 2.45) is 4.36 Å². The van der Waals surface area contributed by atoms with Gasteiger partial charge in [-0.2, -0.15) is 0 Å². The van der Waals surface area contributed by atoms with Crippen LogP contribution in [-0.2, 0) is 9.73 Å². The van der Waals surface area contributed by atoms with Gasteiger partial charge in [-0.1, -0.05) is 6.42 Å². The molecule has 2 aliphatic rings. The smallest absolute Gasteiger partial charge is 0.0637 e. The lowest BCUT2D eigenvalue weighted by Gasteiger charge is -2.21. The molecule has 0 aliphatic carbocycles. The minimum atomic E-state index is -1.77. The molecule has 0 radical (unpaired) electrons. The molecule has 0 aromatic rings. The number of hydrogen-bond donors (Lipinski definition) is 1. The molecule has 2 heterocycles. The first-order valence-corrected chi connectivity index (χ1v) is 7.55. The largest absolute Gasteiger partial charge is 0.312 e. The van der Waals surface area contributed by atoms with E-state index < -0.39 is 9.73 Å². The highest BCUT2D eigenvalue weighted by molar-refractivity contribution is 7.93. The van der Waals surface area contributed by atoms with Crippen molar-refractivity contribution in [2.45, 2.75) is 38.1 Å². The summed E-state index contributed by atoms with van der Waals surface area (Å²) in [5.74, 6) is 1.69. The Morgan fingerprint density at radius 3 is 2.64 bits per heavy atom. The summed E-state index contributed by atoms with van der Waals surface area (Å²) in [5, 5.41) is 3.44. The van der Waals surface area contributed by atoms with Crippen molar-refractivity contribution in [3.63, 3.8) is 0 Å². The second-order valence-corrected chi connectivity index (χ2v) is 6.97. The van der Waals surface area contributed by atoms with Crippen LogP contribution in [0.5, 0.6) is 0 Å². The van der Waals surface area contributed by atoms with Gasteiger partial charge in [-0.25, -0.2) is 8.57 Å². The maximum Gasteiger partial charge on any atom is 0.0637 e. The number of hydrogen-bond acceptors (Lipinski definition) is 3. The van der Waals surface area contributed by atoms with Crippen molar-refractivity contribution in [2.75, 3.05) is 24.6 Å². The molecule has 1 N–H and O–H groups in total. The lowest BCUT2D eigenvalue weighted by Crippen LogP contribution is -2.36. The zero-order valence-corrected chi connectivity index (χ0v) is 9.52. The van der Waals surface area contributed by atoms with E-state index in [1.165, 1.54) is 19.3 Å². The number of nitrogens with one attached hydrogen (secondary N) is 1. The Hall–Kier alpha value is -0.0900. The van der Waals surface area contributed by atoms with Crippen molar-refractivity contribution in [1.82, 2.24) is 5.32 Å². The summed E-state index contributed by atoms with van der Waals surface area (Å²) in [4.78, 5) is 0. The first-order valence-electron chi connectivity index (χ1n) is 5.70. The van der Waals surface area contributed by atoms with E-state index in [-0.39, 0.29) is 0 Å². The third-order valence-electron chi connectivity index (χ3n) is 3.12. The van der Waals surface area contributed by atoms with Gasteiger partial charge in [0.1, 0.15) is 0 Å². The van der Waals surface area contributed by atoms with E-state index >= 15 is 0 Å². The zero-order chi connectivity index (χ0) is 9.86. The Bertz CT molecular complexity index is 276. The lowest BCUT2D eigenvalue weighted by atomic mass is 10.1. The van der Waals surface area contributed by atoms with Gasteiger partial charge in [0.15, 0.2) is 0 Å². The van der Waals surface area contributed by atoms with E-state index in [9.17, 15) is 4.21 Å². The Kier molecular flexibility index (Phi) is 3.44. The van der Waals surface area contributed by atoms with Gasteiger partial charge >= 0.3 is 0 Å². The molecule has 82 valence electrons. The van der Waals surface area contributed by atoms with Crippen LogP contribution in [0, 0.1) is 0 Å². The zero-order valence-electron chi connectivity index (χ0n) is 8.71. The van der Waals surface area contributed by atoms with Crippen molar-refractivity contribution in [1.29, 1.82) is 0 Å². The van der Waals surface area contributed by atoms with Crippen molar-refractivity contribution in [3.8, 4) is 0 Å². The Balaban J connectivity index is 1.88. The van der Waals surface area contributed by atoms with Crippen LogP contribution in [0.4, 0.5) is 0 Å². The van der Waals surface area contributed by atoms with Gasteiger partial charge in [-0.05, 0) is 32.2 Å². The molecule has 2 fully saturated rings. The molecule has 2 saturated heterocycles. The predicted octanol–water partition coefficient (Wildman–Crippen LogP) is 1.39. The van der Waals surface area contributed by atoms with E-state index in [1.54, 1.807) is 0 Å². The standard InChI is InChI=1S/C10H20N2OS/c13-14(7-3-4-8-14)12-9-10-5-1-2-6-11-10/h10-11H,1-9H2/t10-/m1/s1. The van der Waals surface area contributed by atoms with Crippen molar-refractivity contribution in [3.05, 3.63) is 0 Å². The molecule has 0 unspecified atom stereocenters. The summed E-state index contributed by atoms with van der Waals surface area (Å²) >= 11 is 0. The van der Waals surface area contributed by atoms with E-state index in [1.807, 2.05) is 0 Å². The Labute approximate surface area is 86.8 Å². The van der Waals surface area contributed by atoms with Crippen LogP contribution in [0.25, 0.3) is 0 Å². The summed E-state index contributed by atoms with van der Waals surface area (Å²) in [6.45, 7) is 1.89. The van der Waals surface area contributed by atoms with Gasteiger partial charge in [0.05, 0.1) is 6.54 Å². The third-order valence-corrected chi connectivity index (χ3v) is 5.59. The predicted molar refractivity (Wildman–Crippen MR) is 60.0 cm³/mol. The van der Waals surface area contributed by atoms with Crippen LogP contribution in [0.15, 0.2) is 4.36 Å². The molecule has 0 amide bonds. The molecule has 14 heavy (non-hydrogen) atoms. The van der Waals surface area contributed by atoms with Crippen LogP contribution in [-0.4, -0.2) is 34.8 Å². The Morgan fingerprint density at radius 1 is 1.21 bits per heavy atom. The molecular weight excluding hydrogens is 196 g/mol. The summed E-state index contributed by atoms with van der Waals surface area (Å²) in [6.07, 6.45) is 6.01. The molecule has 0 aromatic heterocycles. The molecule has 0 spiro atoms. The third kappa shape index (κ3) is 2.70. The SMILES string of the molecule is O=S1(=NC[C@H]2CCCCN2)CCCC1. The van der Waals surface area contributed by atoms with E-state index in [2.05, 4.69) is 9.68 Å². The molecule has 2 rings (SSSR count). The van der Waals surface area contributed by atoms with Crippen LogP contribution >= 0.6 is 0 Å². The fourth-order valence-corrected chi connectivity index (χ4v) is 4.42. The van der Waals surface area contributed by atoms with Crippen LogP contribution in [0.3, 0.4) is 0 Å². The quantitative estimate of drug-likeness (QED) is 0.758. The average Bonchev–Trinajstić information content (AvgIpc) is 2.65. The van der Waals surface area contributed by atoms with Crippen molar-refractivity contribution < 1.29 is 4.21 Å². The fraction of sp³-hybridized carbons (Fsp3) is 1.00. The fourth-order valence-electron chi connectivity index (χ4n) is 2.19. The van der Waals surface area contributed by atoms with Gasteiger partial charge in [-0.3, -0.25) is 0 Å². The van der Waals surface area contributed by atoms with Gasteiger partial charge < -0.3 is 5.32 Å². The second-order valence-electron chi connectivity index (χ2n) is 4.35. The molecule has 0 saturated carbocycles. The highest BCUT2D eigenvalue weighted by atomic mass is 32.2. The maximum absolute atomic E-state index is 12.0. The number of nitrogens with zero attached hydrogens (tertiary/aromatic N) is 1. The van der Waals surface area contributed by atoms with Crippen LogP contribution in [0.1, 0.15) is 32.1 Å². The minimum Gasteiger partial charge on any atom is -0.312 e. The van der Waals surface area contributed by atoms with Gasteiger partial charge in [-0.15, -0.1) is 0 Å². The van der Waals surface area contributed by atoms with E-state index in [4.69, 9.17) is 0 Å². The first-order chi connectivity index (χ1) is 6.79. The highest BCUT2D eigenvalue weighted by Crippen LogP contribution is 2.14. The average molecular weight is 216 g/mol. The summed E-state index contributed by atoms with van der Waals surface area (Å²) in [7, 11) is -1.77. The molecule has 2 aliphatic heterocycles. The number of rotatable bonds is 2. The van der Waals surface area contributed by atoms with Crippen LogP contribution in [0.2, 0.25) is 0 Å². The van der Waals surface area contributed by atoms with E-state index in [0.29, 0.717) is 6.04 Å². The maximum atomic E-state index is 12.0. The Morgan fingerprint density at radius 2 is 2.00 bits per heavy atom. The summed E-state index contributed by atoms with van der Waals surface area (Å²) in [5.41, 5.74) is 0. The summed E-state index contributed by atoms with van der Waals surface area (Å²) in [6, 6.07) is 0.502. The molecule has 4 heteroatoms. The molecular formula is C10H20N2OS. The summed E-state index contributed by atoms with van der Waals surface area (Å²) < 4.78 is 16.5. The highest BCUT2D eigenvalue weighted by Gasteiger charge is 2.17. The first kappa shape index (κ1) is 10.4. The van der Waals surface area contributed by atoms with Gasteiger partial charge in [0.2, 0.25) is 0 Å². The molecule has 0 bridgehead atoms. The topological polar surface area (TPSA) is 41.5 Å². The van der Waals surface area contributed by atoms with Gasteiger partial charge in [0.25, 0.3) is 0 Å². The number of piperidine rings is 1. The minimum absolute atomic E-state index is 0.502. The normalized spacial score (nSPS) is 31.6.